The molecule has 0 aromatic heterocycles. The van der Waals surface area contributed by atoms with Crippen molar-refractivity contribution in [2.75, 3.05) is 5.32 Å². The number of fused-ring (bicyclic) bond motifs is 1. The van der Waals surface area contributed by atoms with Crippen LogP contribution in [0.5, 0.6) is 0 Å². The Labute approximate surface area is 89.5 Å². The number of para-hydroxylation sites is 1. The molecule has 0 heterocycles. The van der Waals surface area contributed by atoms with Gasteiger partial charge < -0.3 is 5.32 Å². The van der Waals surface area contributed by atoms with Gasteiger partial charge in [0.1, 0.15) is 0 Å². The summed E-state index contributed by atoms with van der Waals surface area (Å²) < 4.78 is 0. The van der Waals surface area contributed by atoms with Crippen molar-refractivity contribution >= 4 is 17.3 Å². The summed E-state index contributed by atoms with van der Waals surface area (Å²) in [6, 6.07) is 8.71. The average Bonchev–Trinajstić information content (AvgIpc) is 2.87. The molecule has 2 fully saturated rings. The van der Waals surface area contributed by atoms with Crippen LogP contribution in [0.25, 0.3) is 0 Å². The van der Waals surface area contributed by atoms with E-state index in [1.807, 2.05) is 18.2 Å². The molecule has 0 aliphatic heterocycles. The van der Waals surface area contributed by atoms with Gasteiger partial charge in [-0.1, -0.05) is 23.7 Å². The summed E-state index contributed by atoms with van der Waals surface area (Å²) in [5.74, 6) is 1.96. The molecule has 0 radical (unpaired) electrons. The topological polar surface area (TPSA) is 12.0 Å². The molecule has 0 saturated heterocycles. The molecular formula is C12H14ClN. The molecule has 1 nitrogen and oxygen atoms in total. The Kier molecular flexibility index (Phi) is 1.94. The van der Waals surface area contributed by atoms with Gasteiger partial charge in [0, 0.05) is 6.04 Å². The number of hydrogen-bond donors (Lipinski definition) is 1. The van der Waals surface area contributed by atoms with E-state index in [-0.39, 0.29) is 0 Å². The van der Waals surface area contributed by atoms with Crippen molar-refractivity contribution in [1.82, 2.24) is 0 Å². The molecule has 0 bridgehead atoms. The third-order valence-corrected chi connectivity index (χ3v) is 3.89. The Morgan fingerprint density at radius 3 is 2.71 bits per heavy atom. The van der Waals surface area contributed by atoms with Gasteiger partial charge >= 0.3 is 0 Å². The molecule has 2 aliphatic carbocycles. The molecule has 2 saturated carbocycles. The number of nitrogens with one attached hydrogen (secondary N) is 1. The lowest BCUT2D eigenvalue weighted by Gasteiger charge is -2.16. The Balaban J connectivity index is 1.74. The molecule has 1 aromatic carbocycles. The minimum absolute atomic E-state index is 0.680. The molecule has 74 valence electrons. The molecule has 3 rings (SSSR count). The minimum Gasteiger partial charge on any atom is -0.381 e. The second-order valence-corrected chi connectivity index (χ2v) is 4.87. The highest BCUT2D eigenvalue weighted by Gasteiger charge is 2.47. The summed E-state index contributed by atoms with van der Waals surface area (Å²) in [6.45, 7) is 0. The maximum atomic E-state index is 6.10. The summed E-state index contributed by atoms with van der Waals surface area (Å²) in [7, 11) is 0. The number of hydrogen-bond acceptors (Lipinski definition) is 1. The van der Waals surface area contributed by atoms with E-state index >= 15 is 0 Å². The highest BCUT2D eigenvalue weighted by Crippen LogP contribution is 2.52. The number of benzene rings is 1. The van der Waals surface area contributed by atoms with Gasteiger partial charge in [-0.3, -0.25) is 0 Å². The monoisotopic (exact) mass is 207 g/mol. The quantitative estimate of drug-likeness (QED) is 0.782. The van der Waals surface area contributed by atoms with E-state index in [1.165, 1.54) is 19.3 Å². The van der Waals surface area contributed by atoms with Crippen LogP contribution < -0.4 is 5.32 Å². The highest BCUT2D eigenvalue weighted by molar-refractivity contribution is 6.33. The third kappa shape index (κ3) is 1.40. The van der Waals surface area contributed by atoms with Crippen LogP contribution >= 0.6 is 11.6 Å². The zero-order valence-corrected chi connectivity index (χ0v) is 8.80. The molecular weight excluding hydrogens is 194 g/mol. The summed E-state index contributed by atoms with van der Waals surface area (Å²) in [6.07, 6.45) is 4.16. The predicted octanol–water partition coefficient (Wildman–Crippen LogP) is 3.55. The fourth-order valence-electron chi connectivity index (χ4n) is 2.66. The highest BCUT2D eigenvalue weighted by atomic mass is 35.5. The largest absolute Gasteiger partial charge is 0.381 e. The van der Waals surface area contributed by atoms with Crippen molar-refractivity contribution in [3.63, 3.8) is 0 Å². The fourth-order valence-corrected chi connectivity index (χ4v) is 2.85. The van der Waals surface area contributed by atoms with Crippen LogP contribution in [-0.4, -0.2) is 6.04 Å². The summed E-state index contributed by atoms with van der Waals surface area (Å²) in [5, 5.41) is 4.41. The van der Waals surface area contributed by atoms with Crippen LogP contribution in [0.15, 0.2) is 24.3 Å². The SMILES string of the molecule is Clc1ccccc1NC1CC[C@@H]2C[C@H]12. The lowest BCUT2D eigenvalue weighted by Crippen LogP contribution is -2.18. The zero-order valence-electron chi connectivity index (χ0n) is 8.04. The summed E-state index contributed by atoms with van der Waals surface area (Å²) in [4.78, 5) is 0. The standard InChI is InChI=1S/C12H14ClN/c13-10-3-1-2-4-12(10)14-11-6-5-8-7-9(8)11/h1-4,8-9,11,14H,5-7H2/t8-,9+,11?/m1/s1. The van der Waals surface area contributed by atoms with E-state index in [2.05, 4.69) is 11.4 Å². The van der Waals surface area contributed by atoms with Crippen molar-refractivity contribution in [2.45, 2.75) is 25.3 Å². The van der Waals surface area contributed by atoms with E-state index in [0.29, 0.717) is 6.04 Å². The van der Waals surface area contributed by atoms with Gasteiger partial charge in [0.25, 0.3) is 0 Å². The lowest BCUT2D eigenvalue weighted by molar-refractivity contribution is 0.654. The Hall–Kier alpha value is -0.690. The van der Waals surface area contributed by atoms with Gasteiger partial charge in [0.05, 0.1) is 10.7 Å². The number of halogens is 1. The van der Waals surface area contributed by atoms with E-state index in [0.717, 1.165) is 22.5 Å². The molecule has 0 amide bonds. The zero-order chi connectivity index (χ0) is 9.54. The molecule has 1 aromatic rings. The number of anilines is 1. The smallest absolute Gasteiger partial charge is 0.0637 e. The first-order valence-electron chi connectivity index (χ1n) is 5.35. The van der Waals surface area contributed by atoms with Crippen LogP contribution in [0.4, 0.5) is 5.69 Å². The van der Waals surface area contributed by atoms with E-state index in [4.69, 9.17) is 11.6 Å². The first-order valence-corrected chi connectivity index (χ1v) is 5.73. The molecule has 0 spiro atoms. The Morgan fingerprint density at radius 1 is 1.21 bits per heavy atom. The molecule has 2 aliphatic rings. The average molecular weight is 208 g/mol. The normalized spacial score (nSPS) is 33.9. The minimum atomic E-state index is 0.680. The van der Waals surface area contributed by atoms with Crippen molar-refractivity contribution in [2.24, 2.45) is 11.8 Å². The maximum absolute atomic E-state index is 6.10. The fraction of sp³-hybridized carbons (Fsp3) is 0.500. The molecule has 1 N–H and O–H groups in total. The maximum Gasteiger partial charge on any atom is 0.0637 e. The molecule has 14 heavy (non-hydrogen) atoms. The van der Waals surface area contributed by atoms with E-state index < -0.39 is 0 Å². The van der Waals surface area contributed by atoms with Crippen molar-refractivity contribution in [1.29, 1.82) is 0 Å². The molecule has 1 unspecified atom stereocenters. The van der Waals surface area contributed by atoms with Crippen molar-refractivity contribution in [3.8, 4) is 0 Å². The van der Waals surface area contributed by atoms with Gasteiger partial charge in [-0.05, 0) is 43.2 Å². The second kappa shape index (κ2) is 3.16. The number of rotatable bonds is 2. The first-order chi connectivity index (χ1) is 6.84. The van der Waals surface area contributed by atoms with Crippen LogP contribution in [0.1, 0.15) is 19.3 Å². The van der Waals surface area contributed by atoms with Crippen LogP contribution in [0.3, 0.4) is 0 Å². The first kappa shape index (κ1) is 8.60. The second-order valence-electron chi connectivity index (χ2n) is 4.47. The van der Waals surface area contributed by atoms with Crippen LogP contribution in [-0.2, 0) is 0 Å². The van der Waals surface area contributed by atoms with Gasteiger partial charge in [0.15, 0.2) is 0 Å². The van der Waals surface area contributed by atoms with Crippen molar-refractivity contribution in [3.05, 3.63) is 29.3 Å². The van der Waals surface area contributed by atoms with E-state index in [9.17, 15) is 0 Å². The Bertz CT molecular complexity index is 350. The lowest BCUT2D eigenvalue weighted by atomic mass is 10.1. The van der Waals surface area contributed by atoms with Crippen molar-refractivity contribution < 1.29 is 0 Å². The Morgan fingerprint density at radius 2 is 2.07 bits per heavy atom. The summed E-state index contributed by atoms with van der Waals surface area (Å²) >= 11 is 6.10. The molecule has 3 atom stereocenters. The third-order valence-electron chi connectivity index (χ3n) is 3.56. The summed E-state index contributed by atoms with van der Waals surface area (Å²) in [5.41, 5.74) is 1.10. The van der Waals surface area contributed by atoms with Gasteiger partial charge in [-0.25, -0.2) is 0 Å². The van der Waals surface area contributed by atoms with Gasteiger partial charge in [0.2, 0.25) is 0 Å². The van der Waals surface area contributed by atoms with Gasteiger partial charge in [-0.2, -0.15) is 0 Å². The predicted molar refractivity (Wildman–Crippen MR) is 59.7 cm³/mol. The van der Waals surface area contributed by atoms with Crippen LogP contribution in [0.2, 0.25) is 5.02 Å². The van der Waals surface area contributed by atoms with Gasteiger partial charge in [-0.15, -0.1) is 0 Å². The van der Waals surface area contributed by atoms with E-state index in [1.54, 1.807) is 0 Å². The molecule has 2 heteroatoms. The van der Waals surface area contributed by atoms with Crippen LogP contribution in [0, 0.1) is 11.8 Å².